The predicted octanol–water partition coefficient (Wildman–Crippen LogP) is 8.51. The molecule has 6 aromatic rings. The predicted molar refractivity (Wildman–Crippen MR) is 282 cm³/mol. The van der Waals surface area contributed by atoms with Crippen LogP contribution in [0.5, 0.6) is 11.5 Å². The molecule has 0 unspecified atom stereocenters. The van der Waals surface area contributed by atoms with Gasteiger partial charge in [0.15, 0.2) is 0 Å². The van der Waals surface area contributed by atoms with E-state index in [2.05, 4.69) is 66.3 Å². The number of H-pyrrole nitrogens is 2. The zero-order valence-electron chi connectivity index (χ0n) is 43.5. The number of carbonyl (C=O) groups excluding carboxylic acids is 4. The number of ether oxygens (including phenoxy) is 4. The van der Waals surface area contributed by atoms with Crippen LogP contribution in [-0.2, 0) is 31.1 Å². The first-order valence-corrected chi connectivity index (χ1v) is 22.2. The number of para-hydroxylation sites is 2. The third-order valence-electron chi connectivity index (χ3n) is 10.5. The Morgan fingerprint density at radius 3 is 1.33 bits per heavy atom. The minimum Gasteiger partial charge on any atom is -0.870 e. The summed E-state index contributed by atoms with van der Waals surface area (Å²) in [6.07, 6.45) is 1.15. The van der Waals surface area contributed by atoms with Crippen LogP contribution in [0.25, 0.3) is 21.8 Å². The standard InChI is InChI=1S/C26H30N2O5.C16H25NO3.C10H6ClNO2.CH4O.CH4.K.H2O/c1-25(2,3)17-12-18(26(4,5)6)21(33-24(31)32-7)13-20(17)28-23(30)16-14-27-19-11-9-8-10-15(19)22(16)29;1-15(2,3)10-8-11(16(4,5)6)13(9-12(10)17)20-14(18)19-7;11-10(14)7-5-12-8-4-2-1-3-6(8)9(7)13;1-2;;;/h8-14H,1-7H3,(H,27,29)(H,28,30);8-9H,17H2,1-7H3;1-5H,(H,12,13);2H,1H3;1H4;;1H2/q;;;;;+1;/p-1. The van der Waals surface area contributed by atoms with Gasteiger partial charge in [-0.2, -0.15) is 0 Å². The smallest absolute Gasteiger partial charge is 0.870 e. The van der Waals surface area contributed by atoms with Crippen molar-refractivity contribution < 1.29 is 100 Å². The molecule has 16 nitrogen and oxygen atoms in total. The van der Waals surface area contributed by atoms with Gasteiger partial charge in [-0.3, -0.25) is 19.2 Å². The summed E-state index contributed by atoms with van der Waals surface area (Å²) in [5.41, 5.74) is 10.5. The maximum atomic E-state index is 13.2. The van der Waals surface area contributed by atoms with Crippen molar-refractivity contribution in [1.82, 2.24) is 9.97 Å². The molecule has 1 amide bonds. The molecule has 0 aliphatic heterocycles. The van der Waals surface area contributed by atoms with Crippen molar-refractivity contribution in [2.75, 3.05) is 32.4 Å². The van der Waals surface area contributed by atoms with Crippen LogP contribution in [0.15, 0.2) is 94.8 Å². The summed E-state index contributed by atoms with van der Waals surface area (Å²) in [6.45, 7) is 24.6. The van der Waals surface area contributed by atoms with Crippen LogP contribution < -0.4 is 82.8 Å². The van der Waals surface area contributed by atoms with E-state index < -0.39 is 23.5 Å². The molecular weight excluding hydrogens is 971 g/mol. The zero-order valence-corrected chi connectivity index (χ0v) is 47.4. The van der Waals surface area contributed by atoms with Crippen LogP contribution in [0.3, 0.4) is 0 Å². The first-order valence-electron chi connectivity index (χ1n) is 21.8. The number of aromatic nitrogens is 2. The van der Waals surface area contributed by atoms with Gasteiger partial charge >= 0.3 is 63.7 Å². The van der Waals surface area contributed by atoms with E-state index in [-0.39, 0.29) is 114 Å². The number of nitrogen functional groups attached to an aromatic ring is 1. The molecule has 386 valence electrons. The number of hydrogen-bond donors (Lipinski definition) is 5. The maximum Gasteiger partial charge on any atom is 1.00 e. The summed E-state index contributed by atoms with van der Waals surface area (Å²) < 4.78 is 19.9. The van der Waals surface area contributed by atoms with Crippen LogP contribution in [0.1, 0.15) is 133 Å². The molecule has 2 aromatic heterocycles. The molecule has 0 aliphatic rings. The average molecular weight is 1040 g/mol. The normalized spacial score (nSPS) is 10.9. The summed E-state index contributed by atoms with van der Waals surface area (Å²) >= 11 is 5.25. The zero-order chi connectivity index (χ0) is 52.4. The second kappa shape index (κ2) is 27.6. The van der Waals surface area contributed by atoms with Crippen LogP contribution >= 0.6 is 11.6 Å². The third-order valence-corrected chi connectivity index (χ3v) is 10.7. The summed E-state index contributed by atoms with van der Waals surface area (Å²) in [6, 6.07) is 21.2. The monoisotopic (exact) mass is 1040 g/mol. The van der Waals surface area contributed by atoms with E-state index in [1.165, 1.54) is 26.6 Å². The van der Waals surface area contributed by atoms with E-state index in [9.17, 15) is 28.8 Å². The number of aliphatic hydroxyl groups is 1. The van der Waals surface area contributed by atoms with Gasteiger partial charge in [-0.15, -0.1) is 0 Å². The van der Waals surface area contributed by atoms with Crippen molar-refractivity contribution in [3.63, 3.8) is 0 Å². The van der Waals surface area contributed by atoms with Gasteiger partial charge in [0.2, 0.25) is 10.9 Å². The Hall–Kier alpha value is -5.37. The Morgan fingerprint density at radius 1 is 0.583 bits per heavy atom. The van der Waals surface area contributed by atoms with Gasteiger partial charge in [-0.05, 0) is 80.8 Å². The number of pyridine rings is 2. The Bertz CT molecular complexity index is 2960. The number of carbonyl (C=O) groups is 4. The molecule has 2 heterocycles. The summed E-state index contributed by atoms with van der Waals surface area (Å²) in [5.74, 6) is 0.181. The Balaban J connectivity index is 0.00000110. The molecule has 0 fully saturated rings. The summed E-state index contributed by atoms with van der Waals surface area (Å²) in [7, 11) is 3.52. The third kappa shape index (κ3) is 17.4. The first-order chi connectivity index (χ1) is 32.0. The van der Waals surface area contributed by atoms with Crippen molar-refractivity contribution in [3.8, 4) is 11.5 Å². The number of rotatable bonds is 5. The van der Waals surface area contributed by atoms with Gasteiger partial charge < -0.3 is 50.5 Å². The second-order valence-electron chi connectivity index (χ2n) is 19.8. The first kappa shape index (κ1) is 66.6. The number of methoxy groups -OCH3 is 2. The van der Waals surface area contributed by atoms with Crippen LogP contribution in [0, 0.1) is 0 Å². The number of nitrogens with one attached hydrogen (secondary N) is 3. The quantitative estimate of drug-likeness (QED) is 0.0357. The summed E-state index contributed by atoms with van der Waals surface area (Å²) in [4.78, 5) is 77.7. The number of benzene rings is 4. The molecule has 0 radical (unpaired) electrons. The van der Waals surface area contributed by atoms with Crippen LogP contribution in [0.2, 0.25) is 0 Å². The van der Waals surface area contributed by atoms with E-state index in [0.717, 1.165) is 29.4 Å². The molecule has 72 heavy (non-hydrogen) atoms. The number of halogens is 1. The van der Waals surface area contributed by atoms with Crippen molar-refractivity contribution >= 4 is 68.2 Å². The minimum atomic E-state index is -0.854. The largest absolute Gasteiger partial charge is 1.00 e. The molecule has 0 aliphatic carbocycles. The Labute approximate surface area is 469 Å². The number of amides is 1. The van der Waals surface area contributed by atoms with E-state index >= 15 is 0 Å². The van der Waals surface area contributed by atoms with Gasteiger partial charge in [0.1, 0.15) is 17.1 Å². The summed E-state index contributed by atoms with van der Waals surface area (Å²) in [5, 5.41) is 10.0. The number of anilines is 2. The molecule has 0 spiro atoms. The average Bonchev–Trinajstić information content (AvgIpc) is 3.26. The number of fused-ring (bicyclic) bond motifs is 2. The van der Waals surface area contributed by atoms with Gasteiger partial charge in [-0.25, -0.2) is 9.59 Å². The van der Waals surface area contributed by atoms with E-state index in [4.69, 9.17) is 31.9 Å². The SMILES string of the molecule is C.CO.COC(=O)Oc1cc(N)c(C(C)(C)C)cc1C(C)(C)C.COC(=O)Oc1cc(NC(=O)c2c[nH]c3ccccc3c2=O)c(C(C)(C)C)cc1C(C)(C)C.O=C(Cl)c1c[nH]c2ccccc2c1=O.[K+].[OH-]. The number of aromatic amines is 2. The fourth-order valence-electron chi connectivity index (χ4n) is 6.99. The molecule has 6 rings (SSSR count). The molecule has 0 saturated carbocycles. The minimum absolute atomic E-state index is 0. The van der Waals surface area contributed by atoms with E-state index in [1.807, 2.05) is 59.7 Å². The number of hydrogen-bond acceptors (Lipinski definition) is 13. The second-order valence-corrected chi connectivity index (χ2v) is 20.2. The van der Waals surface area contributed by atoms with Gasteiger partial charge in [0.05, 0.1) is 19.8 Å². The molecule has 18 heteroatoms. The molecular formula is C54H70ClKN4O12. The molecule has 4 aromatic carbocycles. The van der Waals surface area contributed by atoms with Gasteiger partial charge in [0, 0.05) is 75.9 Å². The fraction of sp³-hybridized carbons (Fsp3) is 0.370. The maximum absolute atomic E-state index is 13.2. The number of nitrogens with two attached hydrogens (primary N) is 1. The van der Waals surface area contributed by atoms with Crippen molar-refractivity contribution in [3.05, 3.63) is 139 Å². The molecule has 0 atom stereocenters. The molecule has 7 N–H and O–H groups in total. The van der Waals surface area contributed by atoms with Crippen molar-refractivity contribution in [2.45, 2.75) is 112 Å². The van der Waals surface area contributed by atoms with Crippen LogP contribution in [0.4, 0.5) is 21.0 Å². The molecule has 0 bridgehead atoms. The van der Waals surface area contributed by atoms with Crippen molar-refractivity contribution in [2.24, 2.45) is 0 Å². The topological polar surface area (TPSA) is 259 Å². The van der Waals surface area contributed by atoms with E-state index in [0.29, 0.717) is 38.9 Å². The van der Waals surface area contributed by atoms with Crippen LogP contribution in [-0.4, -0.2) is 65.3 Å². The molecule has 0 saturated heterocycles. The Morgan fingerprint density at radius 2 is 0.944 bits per heavy atom. The van der Waals surface area contributed by atoms with Crippen molar-refractivity contribution in [1.29, 1.82) is 0 Å². The van der Waals surface area contributed by atoms with Gasteiger partial charge in [0.25, 0.3) is 11.1 Å². The fourth-order valence-corrected chi connectivity index (χ4v) is 7.13. The van der Waals surface area contributed by atoms with E-state index in [1.54, 1.807) is 54.6 Å². The number of aliphatic hydroxyl groups excluding tert-OH is 1. The van der Waals surface area contributed by atoms with Gasteiger partial charge in [-0.1, -0.05) is 115 Å². The Kier molecular flexibility index (Phi) is 25.6.